The van der Waals surface area contributed by atoms with Gasteiger partial charge in [-0.2, -0.15) is 0 Å². The third-order valence-electron chi connectivity index (χ3n) is 2.13. The van der Waals surface area contributed by atoms with E-state index in [1.807, 2.05) is 0 Å². The first-order chi connectivity index (χ1) is 7.19. The second kappa shape index (κ2) is 5.80. The Morgan fingerprint density at radius 3 is 2.87 bits per heavy atom. The van der Waals surface area contributed by atoms with Crippen molar-refractivity contribution in [3.05, 3.63) is 35.1 Å². The Balaban J connectivity index is 2.89. The highest BCUT2D eigenvalue weighted by Gasteiger charge is 2.12. The predicted octanol–water partition coefficient (Wildman–Crippen LogP) is 1.22. The lowest BCUT2D eigenvalue weighted by Crippen LogP contribution is -2.17. The van der Waals surface area contributed by atoms with Gasteiger partial charge in [0.25, 0.3) is 0 Å². The first kappa shape index (κ1) is 12.1. The second-order valence-corrected chi connectivity index (χ2v) is 3.36. The summed E-state index contributed by atoms with van der Waals surface area (Å²) in [5, 5.41) is 12.4. The van der Waals surface area contributed by atoms with Crippen LogP contribution in [0.2, 0.25) is 0 Å². The first-order valence-corrected chi connectivity index (χ1v) is 4.79. The molecule has 0 bridgehead atoms. The largest absolute Gasteiger partial charge is 0.387 e. The van der Waals surface area contributed by atoms with E-state index in [1.165, 1.54) is 6.07 Å². The molecule has 0 aliphatic rings. The van der Waals surface area contributed by atoms with Crippen LogP contribution in [0.5, 0.6) is 0 Å². The maximum absolute atomic E-state index is 13.4. The molecule has 0 aromatic heterocycles. The van der Waals surface area contributed by atoms with Crippen molar-refractivity contribution in [3.63, 3.8) is 0 Å². The van der Waals surface area contributed by atoms with E-state index in [-0.39, 0.29) is 0 Å². The Bertz CT molecular complexity index is 317. The standard InChI is InChI=1S/C11H16FNO2/c1-13-6-11(14)9-5-8(7-15-2)3-4-10(9)12/h3-5,11,13-14H,6-7H2,1-2H3. The predicted molar refractivity (Wildman–Crippen MR) is 56.0 cm³/mol. The molecule has 1 aromatic rings. The number of likely N-dealkylation sites (N-methyl/N-ethyl adjacent to an activating group) is 1. The summed E-state index contributed by atoms with van der Waals surface area (Å²) in [5.41, 5.74) is 1.16. The second-order valence-electron chi connectivity index (χ2n) is 3.36. The van der Waals surface area contributed by atoms with E-state index in [2.05, 4.69) is 5.32 Å². The molecule has 0 amide bonds. The number of ether oxygens (including phenoxy) is 1. The molecule has 1 atom stereocenters. The number of rotatable bonds is 5. The van der Waals surface area contributed by atoms with Crippen molar-refractivity contribution in [2.75, 3.05) is 20.7 Å². The minimum absolute atomic E-state index is 0.305. The number of benzene rings is 1. The van der Waals surface area contributed by atoms with Crippen molar-refractivity contribution in [1.29, 1.82) is 0 Å². The summed E-state index contributed by atoms with van der Waals surface area (Å²) in [6.45, 7) is 0.743. The van der Waals surface area contributed by atoms with Crippen LogP contribution in [0.15, 0.2) is 18.2 Å². The molecule has 84 valence electrons. The molecule has 4 heteroatoms. The van der Waals surface area contributed by atoms with Gasteiger partial charge in [0.2, 0.25) is 0 Å². The highest BCUT2D eigenvalue weighted by molar-refractivity contribution is 5.26. The van der Waals surface area contributed by atoms with Crippen LogP contribution in [0.4, 0.5) is 4.39 Å². The van der Waals surface area contributed by atoms with Crippen molar-refractivity contribution in [3.8, 4) is 0 Å². The number of aliphatic hydroxyl groups excluding tert-OH is 1. The van der Waals surface area contributed by atoms with E-state index in [0.29, 0.717) is 18.7 Å². The molecule has 0 saturated carbocycles. The Labute approximate surface area is 88.9 Å². The molecule has 0 spiro atoms. The lowest BCUT2D eigenvalue weighted by atomic mass is 10.1. The fourth-order valence-corrected chi connectivity index (χ4v) is 1.41. The van der Waals surface area contributed by atoms with Gasteiger partial charge in [-0.15, -0.1) is 0 Å². The Morgan fingerprint density at radius 2 is 2.27 bits per heavy atom. The minimum Gasteiger partial charge on any atom is -0.387 e. The molecule has 0 fully saturated rings. The quantitative estimate of drug-likeness (QED) is 0.773. The van der Waals surface area contributed by atoms with Crippen molar-refractivity contribution in [2.24, 2.45) is 0 Å². The summed E-state index contributed by atoms with van der Waals surface area (Å²) in [6, 6.07) is 4.62. The van der Waals surface area contributed by atoms with Gasteiger partial charge >= 0.3 is 0 Å². The maximum Gasteiger partial charge on any atom is 0.129 e. The summed E-state index contributed by atoms with van der Waals surface area (Å²) in [6.07, 6.45) is -0.827. The van der Waals surface area contributed by atoms with Crippen LogP contribution >= 0.6 is 0 Å². The lowest BCUT2D eigenvalue weighted by Gasteiger charge is -2.12. The highest BCUT2D eigenvalue weighted by Crippen LogP contribution is 2.18. The van der Waals surface area contributed by atoms with E-state index in [0.717, 1.165) is 5.56 Å². The topological polar surface area (TPSA) is 41.5 Å². The van der Waals surface area contributed by atoms with Gasteiger partial charge in [0, 0.05) is 19.2 Å². The van der Waals surface area contributed by atoms with E-state index < -0.39 is 11.9 Å². The number of hydrogen-bond donors (Lipinski definition) is 2. The van der Waals surface area contributed by atoms with Gasteiger partial charge in [-0.1, -0.05) is 6.07 Å². The first-order valence-electron chi connectivity index (χ1n) is 4.79. The van der Waals surface area contributed by atoms with E-state index >= 15 is 0 Å². The van der Waals surface area contributed by atoms with Gasteiger partial charge in [0.1, 0.15) is 5.82 Å². The van der Waals surface area contributed by atoms with Crippen LogP contribution in [0, 0.1) is 5.82 Å². The Kier molecular flexibility index (Phi) is 4.68. The smallest absolute Gasteiger partial charge is 0.129 e. The fourth-order valence-electron chi connectivity index (χ4n) is 1.41. The van der Waals surface area contributed by atoms with Crippen molar-refractivity contribution >= 4 is 0 Å². The number of halogens is 1. The lowest BCUT2D eigenvalue weighted by molar-refractivity contribution is 0.170. The molecule has 3 nitrogen and oxygen atoms in total. The fraction of sp³-hybridized carbons (Fsp3) is 0.455. The van der Waals surface area contributed by atoms with Crippen LogP contribution in [0.1, 0.15) is 17.2 Å². The number of nitrogens with one attached hydrogen (secondary N) is 1. The number of hydrogen-bond acceptors (Lipinski definition) is 3. The minimum atomic E-state index is -0.827. The maximum atomic E-state index is 13.4. The van der Waals surface area contributed by atoms with E-state index in [4.69, 9.17) is 4.74 Å². The molecule has 2 N–H and O–H groups in total. The van der Waals surface area contributed by atoms with Gasteiger partial charge in [-0.05, 0) is 24.7 Å². The highest BCUT2D eigenvalue weighted by atomic mass is 19.1. The van der Waals surface area contributed by atoms with Crippen LogP contribution in [-0.4, -0.2) is 25.8 Å². The summed E-state index contributed by atoms with van der Waals surface area (Å²) < 4.78 is 18.3. The molecule has 0 radical (unpaired) electrons. The molecule has 1 aromatic carbocycles. The summed E-state index contributed by atoms with van der Waals surface area (Å²) in [4.78, 5) is 0. The van der Waals surface area contributed by atoms with Crippen LogP contribution in [0.25, 0.3) is 0 Å². The van der Waals surface area contributed by atoms with E-state index in [1.54, 1.807) is 26.3 Å². The third-order valence-corrected chi connectivity index (χ3v) is 2.13. The zero-order valence-electron chi connectivity index (χ0n) is 8.96. The van der Waals surface area contributed by atoms with E-state index in [9.17, 15) is 9.50 Å². The van der Waals surface area contributed by atoms with Crippen molar-refractivity contribution in [2.45, 2.75) is 12.7 Å². The normalized spacial score (nSPS) is 12.8. The summed E-state index contributed by atoms with van der Waals surface area (Å²) in [5.74, 6) is -0.391. The molecule has 0 aliphatic heterocycles. The van der Waals surface area contributed by atoms with Gasteiger partial charge < -0.3 is 15.2 Å². The number of aliphatic hydroxyl groups is 1. The average molecular weight is 213 g/mol. The summed E-state index contributed by atoms with van der Waals surface area (Å²) in [7, 11) is 3.28. The van der Waals surface area contributed by atoms with Crippen LogP contribution < -0.4 is 5.32 Å². The average Bonchev–Trinajstić information content (AvgIpc) is 2.21. The molecule has 0 heterocycles. The van der Waals surface area contributed by atoms with Gasteiger partial charge in [-0.25, -0.2) is 4.39 Å². The molecule has 15 heavy (non-hydrogen) atoms. The van der Waals surface area contributed by atoms with Crippen LogP contribution in [-0.2, 0) is 11.3 Å². The SMILES string of the molecule is CNCC(O)c1cc(COC)ccc1F. The monoisotopic (exact) mass is 213 g/mol. The van der Waals surface area contributed by atoms with Gasteiger partial charge in [0.05, 0.1) is 12.7 Å². The molecule has 1 unspecified atom stereocenters. The van der Waals surface area contributed by atoms with Gasteiger partial charge in [-0.3, -0.25) is 0 Å². The van der Waals surface area contributed by atoms with Gasteiger partial charge in [0.15, 0.2) is 0 Å². The Hall–Kier alpha value is -0.970. The molecule has 0 saturated heterocycles. The molecular weight excluding hydrogens is 197 g/mol. The zero-order chi connectivity index (χ0) is 11.3. The molecular formula is C11H16FNO2. The van der Waals surface area contributed by atoms with Crippen molar-refractivity contribution < 1.29 is 14.2 Å². The molecule has 1 rings (SSSR count). The third kappa shape index (κ3) is 3.27. The summed E-state index contributed by atoms with van der Waals surface area (Å²) >= 11 is 0. The molecule has 0 aliphatic carbocycles. The number of methoxy groups -OCH3 is 1. The zero-order valence-corrected chi connectivity index (χ0v) is 8.96. The Morgan fingerprint density at radius 1 is 1.53 bits per heavy atom. The van der Waals surface area contributed by atoms with Crippen LogP contribution in [0.3, 0.4) is 0 Å². The van der Waals surface area contributed by atoms with Crippen molar-refractivity contribution in [1.82, 2.24) is 5.32 Å².